The summed E-state index contributed by atoms with van der Waals surface area (Å²) in [5.74, 6) is -0.347. The maximum atomic E-state index is 13.8. The second kappa shape index (κ2) is 8.99. The number of likely N-dealkylation sites (tertiary alicyclic amines) is 1. The molecule has 6 nitrogen and oxygen atoms in total. The van der Waals surface area contributed by atoms with Crippen molar-refractivity contribution in [1.29, 1.82) is 0 Å². The average molecular weight is 503 g/mol. The highest BCUT2D eigenvalue weighted by atomic mass is 35.5. The molecule has 8 heteroatoms. The van der Waals surface area contributed by atoms with Crippen molar-refractivity contribution < 1.29 is 9.18 Å². The molecule has 1 fully saturated rings. The lowest BCUT2D eigenvalue weighted by Gasteiger charge is -2.32. The van der Waals surface area contributed by atoms with Crippen molar-refractivity contribution >= 4 is 39.4 Å². The van der Waals surface area contributed by atoms with Crippen molar-refractivity contribution in [3.05, 3.63) is 105 Å². The van der Waals surface area contributed by atoms with Gasteiger partial charge in [0.25, 0.3) is 5.91 Å². The molecule has 3 aromatic carbocycles. The standard InChI is InChI=1S/C28H24ClFN4O2/c29-19-8-9-22-23(17-33(26(22)15-19)16-18-4-3-5-20(30)14-18)27(35)32-12-10-21(11-13-32)34-25-7-2-1-6-24(25)31-28(34)36/h1-9,14-15,17,21H,10-13,16H2,(H,31,36). The molecule has 3 heterocycles. The summed E-state index contributed by atoms with van der Waals surface area (Å²) in [6, 6.07) is 19.6. The fourth-order valence-corrected chi connectivity index (χ4v) is 5.50. The molecule has 1 N–H and O–H groups in total. The van der Waals surface area contributed by atoms with Gasteiger partial charge >= 0.3 is 5.69 Å². The van der Waals surface area contributed by atoms with Gasteiger partial charge in [0.2, 0.25) is 0 Å². The third kappa shape index (κ3) is 3.99. The number of nitrogens with one attached hydrogen (secondary N) is 1. The molecule has 0 aliphatic carbocycles. The maximum Gasteiger partial charge on any atom is 0.326 e. The summed E-state index contributed by atoms with van der Waals surface area (Å²) in [6.45, 7) is 1.53. The summed E-state index contributed by atoms with van der Waals surface area (Å²) in [6.07, 6.45) is 3.23. The van der Waals surface area contributed by atoms with Gasteiger partial charge < -0.3 is 14.5 Å². The van der Waals surface area contributed by atoms with Gasteiger partial charge in [0.15, 0.2) is 0 Å². The SMILES string of the molecule is O=C(c1cn(Cc2cccc(F)c2)c2cc(Cl)ccc12)N1CCC(n2c(=O)[nH]c3ccccc32)CC1. The van der Waals surface area contributed by atoms with E-state index in [0.717, 1.165) is 27.5 Å². The number of H-pyrrole nitrogens is 1. The van der Waals surface area contributed by atoms with Crippen molar-refractivity contribution in [2.45, 2.75) is 25.4 Å². The predicted molar refractivity (Wildman–Crippen MR) is 139 cm³/mol. The number of aromatic nitrogens is 3. The van der Waals surface area contributed by atoms with Crippen LogP contribution >= 0.6 is 11.6 Å². The molecule has 182 valence electrons. The summed E-state index contributed by atoms with van der Waals surface area (Å²) in [5.41, 5.74) is 3.83. The average Bonchev–Trinajstić information content (AvgIpc) is 3.40. The van der Waals surface area contributed by atoms with E-state index in [0.29, 0.717) is 43.1 Å². The van der Waals surface area contributed by atoms with E-state index < -0.39 is 0 Å². The summed E-state index contributed by atoms with van der Waals surface area (Å²) in [4.78, 5) is 31.0. The monoisotopic (exact) mass is 502 g/mol. The van der Waals surface area contributed by atoms with Crippen LogP contribution < -0.4 is 5.69 Å². The van der Waals surface area contributed by atoms with Crippen LogP contribution in [0.4, 0.5) is 4.39 Å². The molecule has 1 aliphatic rings. The highest BCUT2D eigenvalue weighted by Crippen LogP contribution is 2.30. The fraction of sp³-hybridized carbons (Fsp3) is 0.214. The number of piperidine rings is 1. The first-order valence-corrected chi connectivity index (χ1v) is 12.4. The number of para-hydroxylation sites is 2. The number of carbonyl (C=O) groups excluding carboxylic acids is 1. The third-order valence-corrected chi connectivity index (χ3v) is 7.29. The van der Waals surface area contributed by atoms with Crippen LogP contribution in [0.3, 0.4) is 0 Å². The molecule has 0 unspecified atom stereocenters. The lowest BCUT2D eigenvalue weighted by Crippen LogP contribution is -2.40. The van der Waals surface area contributed by atoms with E-state index in [1.54, 1.807) is 12.1 Å². The van der Waals surface area contributed by atoms with Gasteiger partial charge in [-0.05, 0) is 54.8 Å². The first-order valence-electron chi connectivity index (χ1n) is 12.0. The second-order valence-corrected chi connectivity index (χ2v) is 9.74. The van der Waals surface area contributed by atoms with Crippen LogP contribution in [0.2, 0.25) is 5.02 Å². The molecule has 2 aromatic heterocycles. The highest BCUT2D eigenvalue weighted by Gasteiger charge is 2.28. The van der Waals surface area contributed by atoms with Crippen molar-refractivity contribution in [2.75, 3.05) is 13.1 Å². The molecule has 36 heavy (non-hydrogen) atoms. The Morgan fingerprint density at radius 1 is 1.00 bits per heavy atom. The minimum atomic E-state index is -0.296. The van der Waals surface area contributed by atoms with E-state index in [1.807, 2.05) is 62.7 Å². The zero-order chi connectivity index (χ0) is 24.8. The number of fused-ring (bicyclic) bond motifs is 2. The molecule has 1 saturated heterocycles. The minimum Gasteiger partial charge on any atom is -0.342 e. The van der Waals surface area contributed by atoms with Crippen LogP contribution in [-0.2, 0) is 6.54 Å². The number of hydrogen-bond acceptors (Lipinski definition) is 2. The van der Waals surface area contributed by atoms with E-state index >= 15 is 0 Å². The Morgan fingerprint density at radius 3 is 2.61 bits per heavy atom. The number of benzene rings is 3. The van der Waals surface area contributed by atoms with Gasteiger partial charge in [0.05, 0.1) is 22.1 Å². The van der Waals surface area contributed by atoms with Crippen LogP contribution in [0, 0.1) is 5.82 Å². The molecular weight excluding hydrogens is 479 g/mol. The lowest BCUT2D eigenvalue weighted by atomic mass is 10.0. The lowest BCUT2D eigenvalue weighted by molar-refractivity contribution is 0.0697. The van der Waals surface area contributed by atoms with Gasteiger partial charge in [-0.2, -0.15) is 0 Å². The largest absolute Gasteiger partial charge is 0.342 e. The number of halogens is 2. The molecule has 0 spiro atoms. The summed E-state index contributed by atoms with van der Waals surface area (Å²) in [7, 11) is 0. The fourth-order valence-electron chi connectivity index (χ4n) is 5.33. The zero-order valence-electron chi connectivity index (χ0n) is 19.5. The zero-order valence-corrected chi connectivity index (χ0v) is 20.2. The quantitative estimate of drug-likeness (QED) is 0.347. The van der Waals surface area contributed by atoms with E-state index in [9.17, 15) is 14.0 Å². The molecule has 1 amide bonds. The third-order valence-electron chi connectivity index (χ3n) is 7.06. The van der Waals surface area contributed by atoms with Gasteiger partial charge in [-0.15, -0.1) is 0 Å². The molecule has 6 rings (SSSR count). The topological polar surface area (TPSA) is 63.0 Å². The van der Waals surface area contributed by atoms with Gasteiger partial charge in [-0.1, -0.05) is 41.9 Å². The van der Waals surface area contributed by atoms with E-state index in [4.69, 9.17) is 11.6 Å². The summed E-state index contributed by atoms with van der Waals surface area (Å²) < 4.78 is 17.5. The van der Waals surface area contributed by atoms with Gasteiger partial charge in [0.1, 0.15) is 5.82 Å². The molecule has 1 aliphatic heterocycles. The molecule has 0 saturated carbocycles. The first-order chi connectivity index (χ1) is 17.5. The van der Waals surface area contributed by atoms with Gasteiger partial charge in [-0.25, -0.2) is 9.18 Å². The Hall–Kier alpha value is -3.84. The van der Waals surface area contributed by atoms with Crippen molar-refractivity contribution in [3.63, 3.8) is 0 Å². The molecule has 0 bridgehead atoms. The Balaban J connectivity index is 1.27. The van der Waals surface area contributed by atoms with Crippen LogP contribution in [0.5, 0.6) is 0 Å². The smallest absolute Gasteiger partial charge is 0.326 e. The molecule has 5 aromatic rings. The van der Waals surface area contributed by atoms with Crippen LogP contribution in [0.1, 0.15) is 34.8 Å². The predicted octanol–water partition coefficient (Wildman–Crippen LogP) is 5.60. The first kappa shape index (κ1) is 22.6. The van der Waals surface area contributed by atoms with E-state index in [1.165, 1.54) is 12.1 Å². The summed E-state index contributed by atoms with van der Waals surface area (Å²) in [5, 5.41) is 1.39. The Bertz CT molecular complexity index is 1660. The van der Waals surface area contributed by atoms with Crippen molar-refractivity contribution in [3.8, 4) is 0 Å². The van der Waals surface area contributed by atoms with Crippen LogP contribution in [0.15, 0.2) is 77.7 Å². The minimum absolute atomic E-state index is 0.0332. The Labute approximate surface area is 211 Å². The normalized spacial score (nSPS) is 14.7. The number of amides is 1. The van der Waals surface area contributed by atoms with Crippen molar-refractivity contribution in [1.82, 2.24) is 19.0 Å². The number of nitrogens with zero attached hydrogens (tertiary/aromatic N) is 3. The van der Waals surface area contributed by atoms with Crippen molar-refractivity contribution in [2.24, 2.45) is 0 Å². The highest BCUT2D eigenvalue weighted by molar-refractivity contribution is 6.31. The van der Waals surface area contributed by atoms with E-state index in [-0.39, 0.29) is 23.5 Å². The summed E-state index contributed by atoms with van der Waals surface area (Å²) >= 11 is 6.28. The molecule has 0 radical (unpaired) electrons. The van der Waals surface area contributed by atoms with Crippen LogP contribution in [-0.4, -0.2) is 38.0 Å². The Morgan fingerprint density at radius 2 is 1.81 bits per heavy atom. The number of rotatable bonds is 4. The van der Waals surface area contributed by atoms with E-state index in [2.05, 4.69) is 4.98 Å². The second-order valence-electron chi connectivity index (χ2n) is 9.30. The van der Waals surface area contributed by atoms with Gasteiger partial charge in [0, 0.05) is 42.3 Å². The van der Waals surface area contributed by atoms with Gasteiger partial charge in [-0.3, -0.25) is 9.36 Å². The Kier molecular flexibility index (Phi) is 5.64. The molecular formula is C28H24ClFN4O2. The van der Waals surface area contributed by atoms with Crippen LogP contribution in [0.25, 0.3) is 21.9 Å². The number of hydrogen-bond donors (Lipinski definition) is 1. The maximum absolute atomic E-state index is 13.8. The number of aromatic amines is 1. The molecule has 0 atom stereocenters. The number of imidazole rings is 1. The number of carbonyl (C=O) groups is 1.